The predicted octanol–water partition coefficient (Wildman–Crippen LogP) is 0.959. The van der Waals surface area contributed by atoms with E-state index in [0.717, 1.165) is 5.75 Å². The van der Waals surface area contributed by atoms with Crippen LogP contribution in [-0.4, -0.2) is 33.5 Å². The highest BCUT2D eigenvalue weighted by Gasteiger charge is 2.55. The minimum absolute atomic E-state index is 0. The Kier molecular flexibility index (Phi) is 3.78. The van der Waals surface area contributed by atoms with Crippen LogP contribution in [0.15, 0.2) is 0 Å². The summed E-state index contributed by atoms with van der Waals surface area (Å²) in [5.74, 6) is 0.802. The topological polar surface area (TPSA) is 70.1 Å². The van der Waals surface area contributed by atoms with Gasteiger partial charge in [-0.25, -0.2) is 0 Å². The molecule has 0 aromatic rings. The van der Waals surface area contributed by atoms with Gasteiger partial charge in [0.15, 0.2) is 0 Å². The maximum Gasteiger partial charge on any atom is 0.245 e. The number of fused-ring (bicyclic) bond motifs is 1. The van der Waals surface area contributed by atoms with E-state index in [9.17, 15) is 4.79 Å². The molecule has 0 saturated carbocycles. The van der Waals surface area contributed by atoms with Gasteiger partial charge in [0.25, 0.3) is 0 Å². The van der Waals surface area contributed by atoms with Gasteiger partial charge in [0.1, 0.15) is 11.6 Å². The summed E-state index contributed by atoms with van der Waals surface area (Å²) in [6.07, 6.45) is 0.673. The molecule has 0 radical (unpaired) electrons. The summed E-state index contributed by atoms with van der Waals surface area (Å²) in [5, 5.41) is 9.06. The van der Waals surface area contributed by atoms with Crippen LogP contribution in [0, 0.1) is 17.2 Å². The third kappa shape index (κ3) is 1.69. The van der Waals surface area contributed by atoms with Gasteiger partial charge < -0.3 is 10.6 Å². The molecule has 0 aromatic carbocycles. The van der Waals surface area contributed by atoms with Gasteiger partial charge in [-0.3, -0.25) is 4.79 Å². The Morgan fingerprint density at radius 2 is 2.31 bits per heavy atom. The fraction of sp³-hybridized carbons (Fsp3) is 0.800. The van der Waals surface area contributed by atoms with Crippen LogP contribution < -0.4 is 5.73 Å². The number of carbonyl (C=O) groups excluding carboxylic acids is 1. The van der Waals surface area contributed by atoms with Crippen LogP contribution in [0.2, 0.25) is 0 Å². The molecule has 4 nitrogen and oxygen atoms in total. The number of thioether (sulfide) groups is 1. The average Bonchev–Trinajstić information content (AvgIpc) is 2.68. The summed E-state index contributed by atoms with van der Waals surface area (Å²) >= 11 is 1.67. The molecule has 2 N–H and O–H groups in total. The summed E-state index contributed by atoms with van der Waals surface area (Å²) in [6.45, 7) is 3.93. The van der Waals surface area contributed by atoms with Crippen molar-refractivity contribution < 1.29 is 4.79 Å². The maximum atomic E-state index is 12.2. The zero-order valence-corrected chi connectivity index (χ0v) is 11.0. The molecule has 2 saturated heterocycles. The second kappa shape index (κ2) is 4.44. The Bertz CT molecular complexity index is 343. The van der Waals surface area contributed by atoms with E-state index >= 15 is 0 Å². The molecule has 0 spiro atoms. The van der Waals surface area contributed by atoms with E-state index in [0.29, 0.717) is 6.42 Å². The van der Waals surface area contributed by atoms with E-state index < -0.39 is 5.54 Å². The van der Waals surface area contributed by atoms with Gasteiger partial charge in [-0.1, -0.05) is 13.8 Å². The van der Waals surface area contributed by atoms with Crippen molar-refractivity contribution in [3.05, 3.63) is 0 Å². The fourth-order valence-corrected chi connectivity index (χ4v) is 3.63. The first-order valence-corrected chi connectivity index (χ1v) is 6.18. The van der Waals surface area contributed by atoms with Crippen LogP contribution in [0.5, 0.6) is 0 Å². The van der Waals surface area contributed by atoms with Gasteiger partial charge in [0.05, 0.1) is 11.4 Å². The molecule has 16 heavy (non-hydrogen) atoms. The molecule has 6 heteroatoms. The Morgan fingerprint density at radius 1 is 1.69 bits per heavy atom. The second-order valence-electron chi connectivity index (χ2n) is 4.54. The highest BCUT2D eigenvalue weighted by Crippen LogP contribution is 2.43. The molecule has 0 aliphatic carbocycles. The highest BCUT2D eigenvalue weighted by molar-refractivity contribution is 8.00. The first-order valence-electron chi connectivity index (χ1n) is 5.13. The maximum absolute atomic E-state index is 12.2. The van der Waals surface area contributed by atoms with Crippen molar-refractivity contribution in [2.24, 2.45) is 11.7 Å². The third-order valence-corrected chi connectivity index (χ3v) is 4.70. The smallest absolute Gasteiger partial charge is 0.245 e. The van der Waals surface area contributed by atoms with Gasteiger partial charge >= 0.3 is 0 Å². The number of hydrogen-bond donors (Lipinski definition) is 1. The lowest BCUT2D eigenvalue weighted by Crippen LogP contribution is -2.53. The summed E-state index contributed by atoms with van der Waals surface area (Å²) in [5.41, 5.74) is 5.38. The zero-order chi connectivity index (χ0) is 11.2. The van der Waals surface area contributed by atoms with Crippen LogP contribution in [-0.2, 0) is 4.79 Å². The van der Waals surface area contributed by atoms with Crippen molar-refractivity contribution in [2.45, 2.75) is 37.2 Å². The molecule has 0 aromatic heterocycles. The Labute approximate surface area is 106 Å². The van der Waals surface area contributed by atoms with Crippen LogP contribution >= 0.6 is 24.2 Å². The number of nitrogens with two attached hydrogens (primary N) is 1. The average molecular weight is 262 g/mol. The lowest BCUT2D eigenvalue weighted by atomic mass is 9.86. The van der Waals surface area contributed by atoms with E-state index in [2.05, 4.69) is 6.07 Å². The molecular weight excluding hydrogens is 246 g/mol. The van der Waals surface area contributed by atoms with Crippen molar-refractivity contribution in [3.63, 3.8) is 0 Å². The largest absolute Gasteiger partial charge is 0.317 e. The minimum Gasteiger partial charge on any atom is -0.317 e. The molecular formula is C10H16ClN3OS. The summed E-state index contributed by atoms with van der Waals surface area (Å²) in [6, 6.07) is 1.89. The zero-order valence-electron chi connectivity index (χ0n) is 9.34. The Balaban J connectivity index is 0.00000128. The molecule has 3 unspecified atom stereocenters. The van der Waals surface area contributed by atoms with Crippen molar-refractivity contribution in [2.75, 3.05) is 5.75 Å². The van der Waals surface area contributed by atoms with Crippen LogP contribution in [0.3, 0.4) is 0 Å². The normalized spacial score (nSPS) is 37.2. The molecule has 2 heterocycles. The van der Waals surface area contributed by atoms with Gasteiger partial charge in [-0.2, -0.15) is 5.26 Å². The van der Waals surface area contributed by atoms with Crippen LogP contribution in [0.25, 0.3) is 0 Å². The fourth-order valence-electron chi connectivity index (χ4n) is 2.19. The number of carbonyl (C=O) groups is 1. The van der Waals surface area contributed by atoms with Crippen LogP contribution in [0.4, 0.5) is 0 Å². The van der Waals surface area contributed by atoms with E-state index in [-0.39, 0.29) is 35.6 Å². The molecule has 2 aliphatic heterocycles. The van der Waals surface area contributed by atoms with Gasteiger partial charge in [-0.15, -0.1) is 24.2 Å². The number of halogens is 1. The van der Waals surface area contributed by atoms with Gasteiger partial charge in [-0.05, 0) is 5.92 Å². The first kappa shape index (κ1) is 13.6. The number of rotatable bonds is 1. The molecule has 2 rings (SSSR count). The molecule has 2 fully saturated rings. The highest BCUT2D eigenvalue weighted by atomic mass is 35.5. The number of amides is 1. The van der Waals surface area contributed by atoms with Crippen molar-refractivity contribution >= 4 is 30.1 Å². The van der Waals surface area contributed by atoms with E-state index in [1.165, 1.54) is 0 Å². The summed E-state index contributed by atoms with van der Waals surface area (Å²) in [7, 11) is 0. The van der Waals surface area contributed by atoms with Gasteiger partial charge in [0.2, 0.25) is 5.91 Å². The molecule has 1 amide bonds. The second-order valence-corrected chi connectivity index (χ2v) is 5.76. The Morgan fingerprint density at radius 3 is 2.81 bits per heavy atom. The molecule has 3 atom stereocenters. The molecule has 2 aliphatic rings. The third-order valence-electron chi connectivity index (χ3n) is 3.42. The van der Waals surface area contributed by atoms with Crippen molar-refractivity contribution in [1.29, 1.82) is 5.26 Å². The van der Waals surface area contributed by atoms with E-state index in [4.69, 9.17) is 11.0 Å². The summed E-state index contributed by atoms with van der Waals surface area (Å²) < 4.78 is 0. The van der Waals surface area contributed by atoms with Crippen molar-refractivity contribution in [3.8, 4) is 6.07 Å². The number of nitriles is 1. The Hall–Kier alpha value is -0.440. The van der Waals surface area contributed by atoms with Crippen molar-refractivity contribution in [1.82, 2.24) is 4.90 Å². The molecule has 90 valence electrons. The quantitative estimate of drug-likeness (QED) is 0.763. The number of hydrogen-bond acceptors (Lipinski definition) is 4. The predicted molar refractivity (Wildman–Crippen MR) is 66.1 cm³/mol. The minimum atomic E-state index is -0.757. The van der Waals surface area contributed by atoms with E-state index in [1.807, 2.05) is 13.8 Å². The van der Waals surface area contributed by atoms with Gasteiger partial charge in [0, 0.05) is 12.2 Å². The monoisotopic (exact) mass is 261 g/mol. The summed E-state index contributed by atoms with van der Waals surface area (Å²) in [4.78, 5) is 13.8. The lowest BCUT2D eigenvalue weighted by molar-refractivity contribution is -0.134. The van der Waals surface area contributed by atoms with E-state index in [1.54, 1.807) is 16.7 Å². The van der Waals surface area contributed by atoms with Crippen LogP contribution in [0.1, 0.15) is 20.3 Å². The SMILES string of the molecule is CC(C)C1(N)CC2SCC(C#N)N2C1=O.Cl. The standard InChI is InChI=1S/C10H15N3OS.ClH/c1-6(2)10(12)3-8-13(9(10)14)7(4-11)5-15-8;/h6-8H,3,5,12H2,1-2H3;1H. The molecule has 0 bridgehead atoms. The lowest BCUT2D eigenvalue weighted by Gasteiger charge is -2.27. The number of nitrogens with zero attached hydrogens (tertiary/aromatic N) is 2. The first-order chi connectivity index (χ1) is 7.00.